The van der Waals surface area contributed by atoms with Gasteiger partial charge in [0.2, 0.25) is 5.91 Å². The molecule has 1 aliphatic rings. The Morgan fingerprint density at radius 2 is 2.09 bits per heavy atom. The fourth-order valence-corrected chi connectivity index (χ4v) is 3.39. The number of aliphatic imine (C=N–C) groups is 1. The first-order valence-corrected chi connectivity index (χ1v) is 8.75. The molecule has 0 atom stereocenters. The Kier molecular flexibility index (Phi) is 4.80. The second kappa shape index (κ2) is 6.99. The van der Waals surface area contributed by atoms with Gasteiger partial charge < -0.3 is 15.1 Å². The maximum atomic E-state index is 11.4. The third-order valence-electron chi connectivity index (χ3n) is 3.89. The van der Waals surface area contributed by atoms with Gasteiger partial charge in [-0.05, 0) is 6.92 Å². The number of guanidine groups is 1. The number of amides is 1. The van der Waals surface area contributed by atoms with Crippen LogP contribution >= 0.6 is 11.3 Å². The molecule has 8 heteroatoms. The number of hydrogen-bond donors (Lipinski definition) is 1. The third kappa shape index (κ3) is 3.64. The highest BCUT2D eigenvalue weighted by molar-refractivity contribution is 7.15. The fraction of sp³-hybridized carbons (Fsp3) is 0.533. The third-order valence-corrected chi connectivity index (χ3v) is 4.66. The van der Waals surface area contributed by atoms with E-state index in [4.69, 9.17) is 4.99 Å². The van der Waals surface area contributed by atoms with Crippen molar-refractivity contribution in [3.63, 3.8) is 0 Å². The Morgan fingerprint density at radius 1 is 1.35 bits per heavy atom. The van der Waals surface area contributed by atoms with Crippen LogP contribution in [0.15, 0.2) is 22.8 Å². The van der Waals surface area contributed by atoms with Gasteiger partial charge in [-0.1, -0.05) is 0 Å². The van der Waals surface area contributed by atoms with E-state index in [-0.39, 0.29) is 5.91 Å². The summed E-state index contributed by atoms with van der Waals surface area (Å²) in [5.41, 5.74) is 0.967. The molecule has 7 nitrogen and oxygen atoms in total. The van der Waals surface area contributed by atoms with Crippen molar-refractivity contribution in [3.05, 3.63) is 23.5 Å². The van der Waals surface area contributed by atoms with Crippen molar-refractivity contribution in [2.75, 3.05) is 32.7 Å². The zero-order chi connectivity index (χ0) is 16.2. The van der Waals surface area contributed by atoms with E-state index in [1.54, 1.807) is 18.3 Å². The van der Waals surface area contributed by atoms with Crippen LogP contribution in [0.5, 0.6) is 0 Å². The molecule has 1 aliphatic heterocycles. The van der Waals surface area contributed by atoms with Crippen LogP contribution in [0, 0.1) is 0 Å². The van der Waals surface area contributed by atoms with E-state index in [1.807, 2.05) is 27.1 Å². The fourth-order valence-electron chi connectivity index (χ4n) is 2.67. The first kappa shape index (κ1) is 15.8. The molecular formula is C15H22N6OS. The first-order chi connectivity index (χ1) is 11.2. The summed E-state index contributed by atoms with van der Waals surface area (Å²) < 4.78 is 2.02. The molecular weight excluding hydrogens is 312 g/mol. The molecule has 1 amide bonds. The molecule has 124 valence electrons. The van der Waals surface area contributed by atoms with Crippen LogP contribution in [-0.4, -0.2) is 63.8 Å². The van der Waals surface area contributed by atoms with Gasteiger partial charge in [-0.2, -0.15) is 0 Å². The monoisotopic (exact) mass is 334 g/mol. The van der Waals surface area contributed by atoms with Gasteiger partial charge in [0.05, 0.1) is 12.2 Å². The Morgan fingerprint density at radius 3 is 2.74 bits per heavy atom. The number of fused-ring (bicyclic) bond motifs is 1. The minimum absolute atomic E-state index is 0.143. The summed E-state index contributed by atoms with van der Waals surface area (Å²) in [6.07, 6.45) is 4.03. The van der Waals surface area contributed by atoms with Crippen molar-refractivity contribution in [3.8, 4) is 0 Å². The van der Waals surface area contributed by atoms with Crippen LogP contribution in [0.25, 0.3) is 4.96 Å². The Hall–Kier alpha value is -2.09. The SMILES string of the molecule is CCNC(=NCc1cn2ccsc2n1)N1CCN(C(C)=O)CC1. The van der Waals surface area contributed by atoms with Gasteiger partial charge in [0.1, 0.15) is 0 Å². The van der Waals surface area contributed by atoms with E-state index in [9.17, 15) is 4.79 Å². The number of imidazole rings is 1. The predicted octanol–water partition coefficient (Wildman–Crippen LogP) is 1.03. The minimum Gasteiger partial charge on any atom is -0.357 e. The molecule has 1 fully saturated rings. The molecule has 2 aromatic heterocycles. The zero-order valence-corrected chi connectivity index (χ0v) is 14.3. The van der Waals surface area contributed by atoms with Crippen LogP contribution in [0.2, 0.25) is 0 Å². The van der Waals surface area contributed by atoms with E-state index >= 15 is 0 Å². The number of hydrogen-bond acceptors (Lipinski definition) is 4. The zero-order valence-electron chi connectivity index (χ0n) is 13.5. The minimum atomic E-state index is 0.143. The number of piperazine rings is 1. The van der Waals surface area contributed by atoms with Gasteiger partial charge in [0, 0.05) is 57.4 Å². The van der Waals surface area contributed by atoms with Crippen LogP contribution in [0.3, 0.4) is 0 Å². The van der Waals surface area contributed by atoms with Gasteiger partial charge >= 0.3 is 0 Å². The standard InChI is InChI=1S/C15H22N6OS/c1-3-16-14(20-6-4-19(5-7-20)12(2)22)17-10-13-11-21-8-9-23-15(21)18-13/h8-9,11H,3-7,10H2,1-2H3,(H,16,17). The predicted molar refractivity (Wildman–Crippen MR) is 91.7 cm³/mol. The molecule has 3 rings (SSSR count). The summed E-state index contributed by atoms with van der Waals surface area (Å²) in [6, 6.07) is 0. The number of nitrogens with one attached hydrogen (secondary N) is 1. The van der Waals surface area contributed by atoms with Gasteiger partial charge in [-0.25, -0.2) is 9.98 Å². The van der Waals surface area contributed by atoms with Crippen molar-refractivity contribution < 1.29 is 4.79 Å². The normalized spacial score (nSPS) is 16.2. The maximum Gasteiger partial charge on any atom is 0.219 e. The molecule has 0 radical (unpaired) electrons. The Balaban J connectivity index is 1.66. The quantitative estimate of drug-likeness (QED) is 0.672. The number of aromatic nitrogens is 2. The van der Waals surface area contributed by atoms with Crippen LogP contribution in [-0.2, 0) is 11.3 Å². The second-order valence-corrected chi connectivity index (χ2v) is 6.36. The number of carbonyl (C=O) groups is 1. The van der Waals surface area contributed by atoms with Gasteiger partial charge in [-0.3, -0.25) is 9.20 Å². The van der Waals surface area contributed by atoms with Crippen molar-refractivity contribution in [1.82, 2.24) is 24.5 Å². The van der Waals surface area contributed by atoms with Crippen LogP contribution in [0.1, 0.15) is 19.5 Å². The van der Waals surface area contributed by atoms with E-state index in [0.717, 1.165) is 49.3 Å². The molecule has 3 heterocycles. The van der Waals surface area contributed by atoms with Gasteiger partial charge in [-0.15, -0.1) is 11.3 Å². The maximum absolute atomic E-state index is 11.4. The molecule has 1 saturated heterocycles. The average Bonchev–Trinajstić information content (AvgIpc) is 3.13. The Bertz CT molecular complexity index is 669. The second-order valence-electron chi connectivity index (χ2n) is 5.49. The first-order valence-electron chi connectivity index (χ1n) is 7.87. The van der Waals surface area contributed by atoms with Crippen molar-refractivity contribution >= 4 is 28.2 Å². The summed E-state index contributed by atoms with van der Waals surface area (Å²) in [7, 11) is 0. The molecule has 0 aliphatic carbocycles. The molecule has 0 unspecified atom stereocenters. The molecule has 2 aromatic rings. The molecule has 23 heavy (non-hydrogen) atoms. The van der Waals surface area contributed by atoms with E-state index < -0.39 is 0 Å². The van der Waals surface area contributed by atoms with Crippen LogP contribution < -0.4 is 5.32 Å². The highest BCUT2D eigenvalue weighted by atomic mass is 32.1. The lowest BCUT2D eigenvalue weighted by atomic mass is 10.3. The van der Waals surface area contributed by atoms with E-state index in [1.165, 1.54) is 0 Å². The Labute approximate surface area is 139 Å². The molecule has 0 spiro atoms. The van der Waals surface area contributed by atoms with Crippen molar-refractivity contribution in [2.24, 2.45) is 4.99 Å². The number of rotatable bonds is 3. The lowest BCUT2D eigenvalue weighted by Gasteiger charge is -2.36. The van der Waals surface area contributed by atoms with E-state index in [2.05, 4.69) is 22.1 Å². The smallest absolute Gasteiger partial charge is 0.219 e. The number of carbonyl (C=O) groups excluding carboxylic acids is 1. The highest BCUT2D eigenvalue weighted by Crippen LogP contribution is 2.12. The highest BCUT2D eigenvalue weighted by Gasteiger charge is 2.20. The summed E-state index contributed by atoms with van der Waals surface area (Å²) >= 11 is 1.62. The van der Waals surface area contributed by atoms with Crippen molar-refractivity contribution in [1.29, 1.82) is 0 Å². The van der Waals surface area contributed by atoms with Gasteiger partial charge in [0.25, 0.3) is 0 Å². The number of nitrogens with zero attached hydrogens (tertiary/aromatic N) is 5. The number of thiazole rings is 1. The topological polar surface area (TPSA) is 65.2 Å². The average molecular weight is 334 g/mol. The van der Waals surface area contributed by atoms with Crippen LogP contribution in [0.4, 0.5) is 0 Å². The lowest BCUT2D eigenvalue weighted by Crippen LogP contribution is -2.53. The molecule has 1 N–H and O–H groups in total. The largest absolute Gasteiger partial charge is 0.357 e. The lowest BCUT2D eigenvalue weighted by molar-refractivity contribution is -0.130. The van der Waals surface area contributed by atoms with E-state index in [0.29, 0.717) is 6.54 Å². The molecule has 0 bridgehead atoms. The molecule has 0 saturated carbocycles. The van der Waals surface area contributed by atoms with Gasteiger partial charge in [0.15, 0.2) is 10.9 Å². The molecule has 0 aromatic carbocycles. The summed E-state index contributed by atoms with van der Waals surface area (Å²) in [5, 5.41) is 5.36. The summed E-state index contributed by atoms with van der Waals surface area (Å²) in [4.78, 5) is 25.8. The van der Waals surface area contributed by atoms with Crippen molar-refractivity contribution in [2.45, 2.75) is 20.4 Å². The summed E-state index contributed by atoms with van der Waals surface area (Å²) in [6.45, 7) is 8.19. The summed E-state index contributed by atoms with van der Waals surface area (Å²) in [5.74, 6) is 1.04.